The van der Waals surface area contributed by atoms with Crippen LogP contribution in [0.4, 0.5) is 11.4 Å². The van der Waals surface area contributed by atoms with Crippen LogP contribution in [0.25, 0.3) is 10.8 Å². The molecule has 2 amide bonds. The third-order valence-electron chi connectivity index (χ3n) is 4.66. The highest BCUT2D eigenvalue weighted by Crippen LogP contribution is 2.25. The Bertz CT molecular complexity index is 1050. The van der Waals surface area contributed by atoms with Crippen LogP contribution >= 0.6 is 15.9 Å². The van der Waals surface area contributed by atoms with Crippen LogP contribution in [-0.4, -0.2) is 25.0 Å². The highest BCUT2D eigenvalue weighted by Gasteiger charge is 2.21. The van der Waals surface area contributed by atoms with Gasteiger partial charge in [-0.2, -0.15) is 0 Å². The zero-order valence-electron chi connectivity index (χ0n) is 15.2. The van der Waals surface area contributed by atoms with E-state index >= 15 is 0 Å². The van der Waals surface area contributed by atoms with Gasteiger partial charge in [0.2, 0.25) is 5.91 Å². The van der Waals surface area contributed by atoms with Gasteiger partial charge in [-0.25, -0.2) is 0 Å². The van der Waals surface area contributed by atoms with Gasteiger partial charge < -0.3 is 15.0 Å². The Morgan fingerprint density at radius 2 is 1.89 bits per heavy atom. The number of hydrogen-bond acceptors (Lipinski definition) is 3. The van der Waals surface area contributed by atoms with E-state index in [1.807, 2.05) is 54.6 Å². The molecule has 6 heteroatoms. The fourth-order valence-corrected chi connectivity index (χ4v) is 3.68. The topological polar surface area (TPSA) is 58.6 Å². The van der Waals surface area contributed by atoms with Crippen LogP contribution in [0.2, 0.25) is 0 Å². The maximum atomic E-state index is 12.3. The molecule has 142 valence electrons. The van der Waals surface area contributed by atoms with Gasteiger partial charge in [-0.3, -0.25) is 9.59 Å². The van der Waals surface area contributed by atoms with Gasteiger partial charge in [-0.05, 0) is 59.7 Å². The number of amides is 2. The molecule has 1 aliphatic heterocycles. The Morgan fingerprint density at radius 1 is 1.07 bits per heavy atom. The molecule has 1 fully saturated rings. The second kappa shape index (κ2) is 8.02. The second-order valence-corrected chi connectivity index (χ2v) is 7.61. The predicted molar refractivity (Wildman–Crippen MR) is 114 cm³/mol. The van der Waals surface area contributed by atoms with Crippen LogP contribution < -0.4 is 15.0 Å². The first-order valence-corrected chi connectivity index (χ1v) is 9.90. The number of fused-ring (bicyclic) bond motifs is 1. The van der Waals surface area contributed by atoms with Gasteiger partial charge in [0, 0.05) is 28.8 Å². The summed E-state index contributed by atoms with van der Waals surface area (Å²) in [6.45, 7) is 0.632. The number of ether oxygens (including phenoxy) is 1. The van der Waals surface area contributed by atoms with E-state index in [1.54, 1.807) is 11.0 Å². The largest absolute Gasteiger partial charge is 0.484 e. The molecule has 1 saturated heterocycles. The molecule has 1 aliphatic rings. The first-order valence-electron chi connectivity index (χ1n) is 9.11. The van der Waals surface area contributed by atoms with Crippen molar-refractivity contribution in [2.75, 3.05) is 23.4 Å². The van der Waals surface area contributed by atoms with Crippen molar-refractivity contribution < 1.29 is 14.3 Å². The number of carbonyl (C=O) groups excluding carboxylic acids is 2. The molecule has 3 aromatic carbocycles. The van der Waals surface area contributed by atoms with Gasteiger partial charge in [-0.15, -0.1) is 0 Å². The van der Waals surface area contributed by atoms with Crippen molar-refractivity contribution in [1.82, 2.24) is 0 Å². The Morgan fingerprint density at radius 3 is 2.71 bits per heavy atom. The molecule has 0 atom stereocenters. The number of carbonyl (C=O) groups is 2. The van der Waals surface area contributed by atoms with Crippen molar-refractivity contribution in [3.05, 3.63) is 65.1 Å². The standard InChI is InChI=1S/C22H19BrN2O3/c23-17-8-6-16-12-20(9-7-15(16)11-17)28-14-21(26)24-18-3-1-4-19(13-18)25-10-2-5-22(25)27/h1,3-4,6-9,11-13H,2,5,10,14H2,(H,24,26). The van der Waals surface area contributed by atoms with Gasteiger partial charge in [0.25, 0.3) is 5.91 Å². The van der Waals surface area contributed by atoms with Crippen LogP contribution in [0.3, 0.4) is 0 Å². The van der Waals surface area contributed by atoms with Gasteiger partial charge in [-0.1, -0.05) is 34.1 Å². The van der Waals surface area contributed by atoms with E-state index in [1.165, 1.54) is 0 Å². The smallest absolute Gasteiger partial charge is 0.262 e. The Balaban J connectivity index is 1.38. The molecule has 1 heterocycles. The first kappa shape index (κ1) is 18.5. The average Bonchev–Trinajstić information content (AvgIpc) is 3.12. The summed E-state index contributed by atoms with van der Waals surface area (Å²) >= 11 is 3.46. The maximum Gasteiger partial charge on any atom is 0.262 e. The minimum absolute atomic E-state index is 0.0884. The fourth-order valence-electron chi connectivity index (χ4n) is 3.30. The summed E-state index contributed by atoms with van der Waals surface area (Å²) < 4.78 is 6.66. The number of hydrogen-bond donors (Lipinski definition) is 1. The second-order valence-electron chi connectivity index (χ2n) is 6.69. The van der Waals surface area contributed by atoms with Crippen molar-refractivity contribution in [2.45, 2.75) is 12.8 Å². The van der Waals surface area contributed by atoms with Crippen LogP contribution in [0.1, 0.15) is 12.8 Å². The summed E-state index contributed by atoms with van der Waals surface area (Å²) in [5.74, 6) is 0.511. The molecule has 0 aromatic heterocycles. The normalized spacial score (nSPS) is 13.8. The van der Waals surface area contributed by atoms with Crippen molar-refractivity contribution >= 4 is 49.9 Å². The molecule has 0 aliphatic carbocycles. The van der Waals surface area contributed by atoms with Gasteiger partial charge in [0.05, 0.1) is 0 Å². The summed E-state index contributed by atoms with van der Waals surface area (Å²) in [6, 6.07) is 19.0. The zero-order chi connectivity index (χ0) is 19.5. The lowest BCUT2D eigenvalue weighted by molar-refractivity contribution is -0.118. The number of halogens is 1. The van der Waals surface area contributed by atoms with Gasteiger partial charge in [0.15, 0.2) is 6.61 Å². The third-order valence-corrected chi connectivity index (χ3v) is 5.15. The van der Waals surface area contributed by atoms with Crippen molar-refractivity contribution in [2.24, 2.45) is 0 Å². The van der Waals surface area contributed by atoms with Crippen LogP contribution in [-0.2, 0) is 9.59 Å². The van der Waals surface area contributed by atoms with Crippen LogP contribution in [0.5, 0.6) is 5.75 Å². The molecular formula is C22H19BrN2O3. The minimum atomic E-state index is -0.249. The molecule has 4 rings (SSSR count). The SMILES string of the molecule is O=C(COc1ccc2cc(Br)ccc2c1)Nc1cccc(N2CCCC2=O)c1. The summed E-state index contributed by atoms with van der Waals surface area (Å²) in [6.07, 6.45) is 1.44. The van der Waals surface area contributed by atoms with Crippen molar-refractivity contribution in [1.29, 1.82) is 0 Å². The third kappa shape index (κ3) is 4.17. The van der Waals surface area contributed by atoms with Crippen LogP contribution in [0.15, 0.2) is 65.1 Å². The highest BCUT2D eigenvalue weighted by molar-refractivity contribution is 9.10. The van der Waals surface area contributed by atoms with E-state index in [4.69, 9.17) is 4.74 Å². The number of benzene rings is 3. The number of nitrogens with zero attached hydrogens (tertiary/aromatic N) is 1. The molecule has 0 bridgehead atoms. The molecular weight excluding hydrogens is 420 g/mol. The van der Waals surface area contributed by atoms with Crippen molar-refractivity contribution in [3.8, 4) is 5.75 Å². The van der Waals surface area contributed by atoms with E-state index in [0.29, 0.717) is 17.9 Å². The minimum Gasteiger partial charge on any atom is -0.484 e. The predicted octanol–water partition coefficient (Wildman–Crippen LogP) is 4.75. The monoisotopic (exact) mass is 438 g/mol. The Hall–Kier alpha value is -2.86. The van der Waals surface area contributed by atoms with E-state index < -0.39 is 0 Å². The molecule has 0 saturated carbocycles. The number of nitrogens with one attached hydrogen (secondary N) is 1. The summed E-state index contributed by atoms with van der Waals surface area (Å²) in [5, 5.41) is 4.97. The fraction of sp³-hybridized carbons (Fsp3) is 0.182. The zero-order valence-corrected chi connectivity index (χ0v) is 16.7. The summed E-state index contributed by atoms with van der Waals surface area (Å²) in [7, 11) is 0. The summed E-state index contributed by atoms with van der Waals surface area (Å²) in [4.78, 5) is 25.9. The quantitative estimate of drug-likeness (QED) is 0.625. The lowest BCUT2D eigenvalue weighted by Crippen LogP contribution is -2.24. The molecule has 5 nitrogen and oxygen atoms in total. The molecule has 0 spiro atoms. The lowest BCUT2D eigenvalue weighted by Gasteiger charge is -2.16. The van der Waals surface area contributed by atoms with Gasteiger partial charge >= 0.3 is 0 Å². The number of rotatable bonds is 5. The Labute approximate surface area is 171 Å². The lowest BCUT2D eigenvalue weighted by atomic mass is 10.1. The Kier molecular flexibility index (Phi) is 5.30. The van der Waals surface area contributed by atoms with Crippen molar-refractivity contribution in [3.63, 3.8) is 0 Å². The molecule has 1 N–H and O–H groups in total. The van der Waals surface area contributed by atoms with E-state index in [-0.39, 0.29) is 18.4 Å². The maximum absolute atomic E-state index is 12.3. The molecule has 0 unspecified atom stereocenters. The average molecular weight is 439 g/mol. The van der Waals surface area contributed by atoms with Gasteiger partial charge in [0.1, 0.15) is 5.75 Å². The molecule has 3 aromatic rings. The molecule has 0 radical (unpaired) electrons. The molecule has 28 heavy (non-hydrogen) atoms. The van der Waals surface area contributed by atoms with E-state index in [9.17, 15) is 9.59 Å². The highest BCUT2D eigenvalue weighted by atomic mass is 79.9. The van der Waals surface area contributed by atoms with E-state index in [0.717, 1.165) is 33.9 Å². The van der Waals surface area contributed by atoms with E-state index in [2.05, 4.69) is 21.2 Å². The summed E-state index contributed by atoms with van der Waals surface area (Å²) in [5.41, 5.74) is 1.45. The first-order chi connectivity index (χ1) is 13.6. The number of anilines is 2. The van der Waals surface area contributed by atoms with Crippen LogP contribution in [0, 0.1) is 0 Å².